The molecular weight excluding hydrogens is 399 g/mol. The smallest absolute Gasteiger partial charge is 0.338 e. The summed E-state index contributed by atoms with van der Waals surface area (Å²) in [7, 11) is -3.93. The van der Waals surface area contributed by atoms with Gasteiger partial charge in [-0.05, 0) is 29.8 Å². The molecule has 2 heterocycles. The number of carbonyl (C=O) groups is 1. The van der Waals surface area contributed by atoms with E-state index in [4.69, 9.17) is 27.9 Å². The van der Waals surface area contributed by atoms with Crippen LogP contribution in [0.2, 0.25) is 10.0 Å². The van der Waals surface area contributed by atoms with Gasteiger partial charge in [-0.2, -0.15) is 0 Å². The number of hydrogen-bond acceptors (Lipinski definition) is 4. The maximum atomic E-state index is 12.8. The van der Waals surface area contributed by atoms with Gasteiger partial charge in [-0.15, -0.1) is 0 Å². The molecule has 0 amide bonds. The second kappa shape index (κ2) is 6.19. The van der Waals surface area contributed by atoms with E-state index in [9.17, 15) is 13.2 Å². The average molecular weight is 411 g/mol. The lowest BCUT2D eigenvalue weighted by atomic mass is 10.0. The first-order chi connectivity index (χ1) is 12.4. The standard InChI is InChI=1S/C17H12Cl2N2O4S/c18-12-3-4-14(16-15(12)13(19)8-20-16)21-26(23,24)10-2-1-9-5-6-25-17(22)11(9)7-10/h1-4,7-8,20-21H,5-6H2. The topological polar surface area (TPSA) is 88.3 Å². The van der Waals surface area contributed by atoms with Crippen molar-refractivity contribution in [1.82, 2.24) is 4.98 Å². The van der Waals surface area contributed by atoms with Crippen LogP contribution in [0, 0.1) is 0 Å². The van der Waals surface area contributed by atoms with Crippen molar-refractivity contribution in [2.45, 2.75) is 11.3 Å². The molecule has 0 saturated carbocycles. The van der Waals surface area contributed by atoms with E-state index in [0.29, 0.717) is 39.7 Å². The van der Waals surface area contributed by atoms with Crippen molar-refractivity contribution in [2.75, 3.05) is 11.3 Å². The Balaban J connectivity index is 1.76. The summed E-state index contributed by atoms with van der Waals surface area (Å²) in [4.78, 5) is 14.7. The summed E-state index contributed by atoms with van der Waals surface area (Å²) in [6.45, 7) is 0.298. The largest absolute Gasteiger partial charge is 0.462 e. The molecule has 0 radical (unpaired) electrons. The summed E-state index contributed by atoms with van der Waals surface area (Å²) < 4.78 is 33.1. The Hall–Kier alpha value is -2.22. The monoisotopic (exact) mass is 410 g/mol. The third-order valence-corrected chi connectivity index (χ3v) is 6.17. The third kappa shape index (κ3) is 2.82. The molecule has 26 heavy (non-hydrogen) atoms. The minimum atomic E-state index is -3.93. The number of rotatable bonds is 3. The van der Waals surface area contributed by atoms with Gasteiger partial charge in [0.1, 0.15) is 0 Å². The number of benzene rings is 2. The fraction of sp³-hybridized carbons (Fsp3) is 0.118. The van der Waals surface area contributed by atoms with Gasteiger partial charge in [0.25, 0.3) is 10.0 Å². The van der Waals surface area contributed by atoms with Gasteiger partial charge in [-0.25, -0.2) is 13.2 Å². The molecule has 1 aliphatic rings. The van der Waals surface area contributed by atoms with E-state index in [1.165, 1.54) is 18.3 Å². The number of aromatic nitrogens is 1. The predicted molar refractivity (Wildman–Crippen MR) is 99.6 cm³/mol. The number of anilines is 1. The zero-order chi connectivity index (χ0) is 18.5. The highest BCUT2D eigenvalue weighted by Crippen LogP contribution is 2.35. The zero-order valence-electron chi connectivity index (χ0n) is 13.2. The van der Waals surface area contributed by atoms with Crippen LogP contribution in [0.15, 0.2) is 41.4 Å². The van der Waals surface area contributed by atoms with Gasteiger partial charge in [0.2, 0.25) is 0 Å². The molecule has 0 aliphatic carbocycles. The summed E-state index contributed by atoms with van der Waals surface area (Å²) in [6, 6.07) is 7.53. The molecule has 0 saturated heterocycles. The van der Waals surface area contributed by atoms with Crippen LogP contribution in [0.5, 0.6) is 0 Å². The zero-order valence-corrected chi connectivity index (χ0v) is 15.5. The molecule has 3 aromatic rings. The van der Waals surface area contributed by atoms with Crippen molar-refractivity contribution >= 4 is 55.8 Å². The van der Waals surface area contributed by atoms with E-state index in [2.05, 4.69) is 9.71 Å². The van der Waals surface area contributed by atoms with E-state index in [-0.39, 0.29) is 10.5 Å². The van der Waals surface area contributed by atoms with Crippen molar-refractivity contribution < 1.29 is 17.9 Å². The highest BCUT2D eigenvalue weighted by Gasteiger charge is 2.23. The van der Waals surface area contributed by atoms with E-state index in [0.717, 1.165) is 5.56 Å². The van der Waals surface area contributed by atoms with Crippen LogP contribution >= 0.6 is 23.2 Å². The quantitative estimate of drug-likeness (QED) is 0.638. The molecule has 9 heteroatoms. The van der Waals surface area contributed by atoms with E-state index < -0.39 is 16.0 Å². The van der Waals surface area contributed by atoms with Crippen LogP contribution in [0.4, 0.5) is 5.69 Å². The van der Waals surface area contributed by atoms with Crippen molar-refractivity contribution in [3.05, 3.63) is 57.7 Å². The molecular formula is C17H12Cl2N2O4S. The number of fused-ring (bicyclic) bond motifs is 2. The summed E-state index contributed by atoms with van der Waals surface area (Å²) in [5.74, 6) is -0.520. The number of ether oxygens (including phenoxy) is 1. The Morgan fingerprint density at radius 3 is 2.73 bits per heavy atom. The maximum Gasteiger partial charge on any atom is 0.338 e. The summed E-state index contributed by atoms with van der Waals surface area (Å²) in [6.07, 6.45) is 2.10. The molecule has 4 rings (SSSR count). The number of aromatic amines is 1. The normalized spacial score (nSPS) is 14.2. The Morgan fingerprint density at radius 2 is 1.92 bits per heavy atom. The highest BCUT2D eigenvalue weighted by atomic mass is 35.5. The second-order valence-electron chi connectivity index (χ2n) is 5.79. The molecule has 1 aromatic heterocycles. The van der Waals surface area contributed by atoms with E-state index in [1.54, 1.807) is 18.2 Å². The summed E-state index contributed by atoms with van der Waals surface area (Å²) in [5, 5.41) is 1.33. The molecule has 0 unspecified atom stereocenters. The molecule has 1 aliphatic heterocycles. The fourth-order valence-electron chi connectivity index (χ4n) is 2.92. The van der Waals surface area contributed by atoms with Gasteiger partial charge < -0.3 is 9.72 Å². The van der Waals surface area contributed by atoms with Crippen LogP contribution in [0.1, 0.15) is 15.9 Å². The van der Waals surface area contributed by atoms with Gasteiger partial charge in [0, 0.05) is 18.0 Å². The van der Waals surface area contributed by atoms with Crippen LogP contribution in [-0.2, 0) is 21.2 Å². The van der Waals surface area contributed by atoms with Gasteiger partial charge >= 0.3 is 5.97 Å². The van der Waals surface area contributed by atoms with Gasteiger partial charge in [0.15, 0.2) is 0 Å². The lowest BCUT2D eigenvalue weighted by molar-refractivity contribution is 0.0480. The lowest BCUT2D eigenvalue weighted by Gasteiger charge is -2.17. The minimum Gasteiger partial charge on any atom is -0.462 e. The first kappa shape index (κ1) is 17.2. The third-order valence-electron chi connectivity index (χ3n) is 4.20. The van der Waals surface area contributed by atoms with Crippen LogP contribution in [-0.4, -0.2) is 26.0 Å². The summed E-state index contributed by atoms with van der Waals surface area (Å²) in [5.41, 5.74) is 1.81. The van der Waals surface area contributed by atoms with Gasteiger partial charge in [-0.3, -0.25) is 4.72 Å². The Bertz CT molecular complexity index is 1160. The molecule has 2 N–H and O–H groups in total. The van der Waals surface area contributed by atoms with E-state index >= 15 is 0 Å². The Labute approximate surface area is 159 Å². The predicted octanol–water partition coefficient (Wildman–Crippen LogP) is 3.99. The number of nitrogens with one attached hydrogen (secondary N) is 2. The van der Waals surface area contributed by atoms with Crippen LogP contribution in [0.25, 0.3) is 10.9 Å². The minimum absolute atomic E-state index is 0.0316. The van der Waals surface area contributed by atoms with E-state index in [1.807, 2.05) is 0 Å². The summed E-state index contributed by atoms with van der Waals surface area (Å²) >= 11 is 12.2. The number of halogens is 2. The van der Waals surface area contributed by atoms with Crippen molar-refractivity contribution in [3.8, 4) is 0 Å². The molecule has 0 atom stereocenters. The Morgan fingerprint density at radius 1 is 1.12 bits per heavy atom. The SMILES string of the molecule is O=C1OCCc2ccc(S(=O)(=O)Nc3ccc(Cl)c4c(Cl)c[nH]c34)cc21. The molecule has 0 fully saturated rings. The molecule has 2 aromatic carbocycles. The number of cyclic esters (lactones) is 1. The van der Waals surface area contributed by atoms with Crippen LogP contribution < -0.4 is 4.72 Å². The number of H-pyrrole nitrogens is 1. The molecule has 0 bridgehead atoms. The number of sulfonamides is 1. The fourth-order valence-corrected chi connectivity index (χ4v) is 4.58. The second-order valence-corrected chi connectivity index (χ2v) is 8.29. The van der Waals surface area contributed by atoms with Gasteiger partial charge in [0.05, 0.1) is 38.3 Å². The number of esters is 1. The molecule has 134 valence electrons. The number of carbonyl (C=O) groups excluding carboxylic acids is 1. The van der Waals surface area contributed by atoms with Gasteiger partial charge in [-0.1, -0.05) is 29.3 Å². The first-order valence-corrected chi connectivity index (χ1v) is 9.89. The van der Waals surface area contributed by atoms with Crippen molar-refractivity contribution in [1.29, 1.82) is 0 Å². The van der Waals surface area contributed by atoms with Crippen molar-refractivity contribution in [3.63, 3.8) is 0 Å². The first-order valence-electron chi connectivity index (χ1n) is 7.65. The lowest BCUT2D eigenvalue weighted by Crippen LogP contribution is -2.19. The average Bonchev–Trinajstić information content (AvgIpc) is 3.00. The maximum absolute atomic E-state index is 12.8. The Kier molecular flexibility index (Phi) is 4.10. The highest BCUT2D eigenvalue weighted by molar-refractivity contribution is 7.92. The van der Waals surface area contributed by atoms with Crippen LogP contribution in [0.3, 0.4) is 0 Å². The van der Waals surface area contributed by atoms with Crippen molar-refractivity contribution in [2.24, 2.45) is 0 Å². The number of hydrogen-bond donors (Lipinski definition) is 2. The molecule has 6 nitrogen and oxygen atoms in total. The molecule has 0 spiro atoms.